The predicted molar refractivity (Wildman–Crippen MR) is 63.6 cm³/mol. The molecule has 1 aromatic heterocycles. The first kappa shape index (κ1) is 11.6. The quantitative estimate of drug-likeness (QED) is 0.769. The number of ether oxygens (including phenoxy) is 1. The Labute approximate surface area is 97.2 Å². The van der Waals surface area contributed by atoms with Gasteiger partial charge in [0.2, 0.25) is 0 Å². The van der Waals surface area contributed by atoms with Crippen LogP contribution in [0.15, 0.2) is 6.20 Å². The number of aromatic nitrogens is 2. The molecule has 2 heterocycles. The summed E-state index contributed by atoms with van der Waals surface area (Å²) in [6, 6.07) is 0. The van der Waals surface area contributed by atoms with Crippen LogP contribution in [0, 0.1) is 13.8 Å². The van der Waals surface area contributed by atoms with E-state index in [0.717, 1.165) is 45.1 Å². The lowest BCUT2D eigenvalue weighted by molar-refractivity contribution is 0.0368. The Hall–Kier alpha value is -0.870. The molecule has 0 saturated carbocycles. The minimum absolute atomic E-state index is 0.889. The van der Waals surface area contributed by atoms with Crippen molar-refractivity contribution in [2.24, 2.45) is 0 Å². The van der Waals surface area contributed by atoms with E-state index in [-0.39, 0.29) is 0 Å². The first-order chi connectivity index (χ1) is 7.75. The Balaban J connectivity index is 1.71. The van der Waals surface area contributed by atoms with Gasteiger partial charge in [-0.2, -0.15) is 5.10 Å². The van der Waals surface area contributed by atoms with Gasteiger partial charge in [-0.3, -0.25) is 9.58 Å². The van der Waals surface area contributed by atoms with Crippen molar-refractivity contribution < 1.29 is 4.74 Å². The molecule has 0 spiro atoms. The van der Waals surface area contributed by atoms with Crippen LogP contribution >= 0.6 is 0 Å². The van der Waals surface area contributed by atoms with Gasteiger partial charge in [0.1, 0.15) is 0 Å². The molecule has 1 saturated heterocycles. The Morgan fingerprint density at radius 1 is 1.25 bits per heavy atom. The minimum Gasteiger partial charge on any atom is -0.379 e. The van der Waals surface area contributed by atoms with Crippen LogP contribution < -0.4 is 0 Å². The number of rotatable bonds is 4. The second-order valence-corrected chi connectivity index (χ2v) is 4.47. The van der Waals surface area contributed by atoms with Crippen molar-refractivity contribution in [3.05, 3.63) is 17.5 Å². The number of hydrogen-bond donors (Lipinski definition) is 0. The molecule has 4 heteroatoms. The van der Waals surface area contributed by atoms with E-state index in [4.69, 9.17) is 4.74 Å². The first-order valence-electron chi connectivity index (χ1n) is 6.06. The molecule has 0 atom stereocenters. The maximum absolute atomic E-state index is 5.32. The van der Waals surface area contributed by atoms with Crippen LogP contribution in [0.5, 0.6) is 0 Å². The molecule has 0 aromatic carbocycles. The zero-order chi connectivity index (χ0) is 11.4. The summed E-state index contributed by atoms with van der Waals surface area (Å²) in [6.07, 6.45) is 3.30. The highest BCUT2D eigenvalue weighted by Crippen LogP contribution is 2.04. The van der Waals surface area contributed by atoms with E-state index in [1.165, 1.54) is 12.0 Å². The molecular weight excluding hydrogens is 202 g/mol. The summed E-state index contributed by atoms with van der Waals surface area (Å²) < 4.78 is 7.38. The van der Waals surface area contributed by atoms with Gasteiger partial charge in [0, 0.05) is 32.4 Å². The Kier molecular flexibility index (Phi) is 3.96. The third-order valence-corrected chi connectivity index (χ3v) is 3.16. The van der Waals surface area contributed by atoms with Crippen molar-refractivity contribution in [3.63, 3.8) is 0 Å². The first-order valence-corrected chi connectivity index (χ1v) is 6.06. The van der Waals surface area contributed by atoms with E-state index in [1.807, 2.05) is 0 Å². The van der Waals surface area contributed by atoms with Crippen LogP contribution in [-0.2, 0) is 11.3 Å². The van der Waals surface area contributed by atoms with E-state index in [0.29, 0.717) is 0 Å². The van der Waals surface area contributed by atoms with Gasteiger partial charge in [-0.05, 0) is 25.8 Å². The van der Waals surface area contributed by atoms with Crippen LogP contribution in [-0.4, -0.2) is 47.5 Å². The molecule has 0 radical (unpaired) electrons. The van der Waals surface area contributed by atoms with Crippen LogP contribution in [0.4, 0.5) is 0 Å². The molecule has 0 unspecified atom stereocenters. The molecule has 1 aromatic rings. The summed E-state index contributed by atoms with van der Waals surface area (Å²) in [5.41, 5.74) is 2.43. The van der Waals surface area contributed by atoms with Crippen molar-refractivity contribution in [2.45, 2.75) is 26.8 Å². The van der Waals surface area contributed by atoms with Gasteiger partial charge in [0.25, 0.3) is 0 Å². The maximum atomic E-state index is 5.32. The lowest BCUT2D eigenvalue weighted by atomic mass is 10.3. The van der Waals surface area contributed by atoms with Crippen molar-refractivity contribution in [1.29, 1.82) is 0 Å². The SMILES string of the molecule is Cc1cn(CCCN2CCOCC2)nc1C. The summed E-state index contributed by atoms with van der Waals surface area (Å²) in [4.78, 5) is 2.46. The number of hydrogen-bond acceptors (Lipinski definition) is 3. The van der Waals surface area contributed by atoms with Crippen LogP contribution in [0.1, 0.15) is 17.7 Å². The van der Waals surface area contributed by atoms with Gasteiger partial charge in [-0.1, -0.05) is 0 Å². The molecule has 1 aliphatic rings. The molecule has 0 aliphatic carbocycles. The molecule has 1 aliphatic heterocycles. The molecule has 0 bridgehead atoms. The fourth-order valence-corrected chi connectivity index (χ4v) is 2.01. The molecule has 16 heavy (non-hydrogen) atoms. The summed E-state index contributed by atoms with van der Waals surface area (Å²) >= 11 is 0. The standard InChI is InChI=1S/C12H21N3O/c1-11-10-15(13-12(11)2)5-3-4-14-6-8-16-9-7-14/h10H,3-9H2,1-2H3. The molecule has 4 nitrogen and oxygen atoms in total. The van der Waals surface area contributed by atoms with E-state index < -0.39 is 0 Å². The Morgan fingerprint density at radius 2 is 2.00 bits per heavy atom. The van der Waals surface area contributed by atoms with Gasteiger partial charge in [0.05, 0.1) is 18.9 Å². The number of nitrogens with zero attached hydrogens (tertiary/aromatic N) is 3. The van der Waals surface area contributed by atoms with E-state index in [2.05, 4.69) is 34.7 Å². The zero-order valence-corrected chi connectivity index (χ0v) is 10.3. The van der Waals surface area contributed by atoms with Gasteiger partial charge in [-0.15, -0.1) is 0 Å². The fourth-order valence-electron chi connectivity index (χ4n) is 2.01. The predicted octanol–water partition coefficient (Wildman–Crippen LogP) is 1.22. The topological polar surface area (TPSA) is 30.3 Å². The lowest BCUT2D eigenvalue weighted by Crippen LogP contribution is -2.37. The second kappa shape index (κ2) is 5.46. The number of aryl methyl sites for hydroxylation is 3. The normalized spacial score (nSPS) is 17.9. The van der Waals surface area contributed by atoms with Crippen LogP contribution in [0.25, 0.3) is 0 Å². The van der Waals surface area contributed by atoms with Crippen LogP contribution in [0.3, 0.4) is 0 Å². The van der Waals surface area contributed by atoms with Gasteiger partial charge in [-0.25, -0.2) is 0 Å². The van der Waals surface area contributed by atoms with Crippen molar-refractivity contribution in [1.82, 2.24) is 14.7 Å². The highest BCUT2D eigenvalue weighted by atomic mass is 16.5. The lowest BCUT2D eigenvalue weighted by Gasteiger charge is -2.26. The van der Waals surface area contributed by atoms with Crippen LogP contribution in [0.2, 0.25) is 0 Å². The second-order valence-electron chi connectivity index (χ2n) is 4.47. The summed E-state index contributed by atoms with van der Waals surface area (Å²) in [7, 11) is 0. The molecule has 1 fully saturated rings. The molecular formula is C12H21N3O. The third kappa shape index (κ3) is 3.06. The summed E-state index contributed by atoms with van der Waals surface area (Å²) in [6.45, 7) is 10.3. The van der Waals surface area contributed by atoms with Gasteiger partial charge >= 0.3 is 0 Å². The maximum Gasteiger partial charge on any atom is 0.0622 e. The largest absolute Gasteiger partial charge is 0.379 e. The molecule has 0 amide bonds. The van der Waals surface area contributed by atoms with Gasteiger partial charge in [0.15, 0.2) is 0 Å². The number of morpholine rings is 1. The van der Waals surface area contributed by atoms with Gasteiger partial charge < -0.3 is 4.74 Å². The summed E-state index contributed by atoms with van der Waals surface area (Å²) in [5, 5.41) is 4.47. The monoisotopic (exact) mass is 223 g/mol. The Bertz CT molecular complexity index is 310. The minimum atomic E-state index is 0.889. The third-order valence-electron chi connectivity index (χ3n) is 3.16. The average Bonchev–Trinajstić information content (AvgIpc) is 2.60. The molecule has 90 valence electrons. The zero-order valence-electron chi connectivity index (χ0n) is 10.3. The average molecular weight is 223 g/mol. The fraction of sp³-hybridized carbons (Fsp3) is 0.750. The summed E-state index contributed by atoms with van der Waals surface area (Å²) in [5.74, 6) is 0. The van der Waals surface area contributed by atoms with E-state index in [9.17, 15) is 0 Å². The molecule has 0 N–H and O–H groups in total. The van der Waals surface area contributed by atoms with Crippen molar-refractivity contribution in [2.75, 3.05) is 32.8 Å². The van der Waals surface area contributed by atoms with E-state index in [1.54, 1.807) is 0 Å². The Morgan fingerprint density at radius 3 is 2.62 bits per heavy atom. The highest BCUT2D eigenvalue weighted by molar-refractivity contribution is 5.12. The van der Waals surface area contributed by atoms with E-state index >= 15 is 0 Å². The highest BCUT2D eigenvalue weighted by Gasteiger charge is 2.09. The van der Waals surface area contributed by atoms with Crippen molar-refractivity contribution in [3.8, 4) is 0 Å². The smallest absolute Gasteiger partial charge is 0.0622 e. The molecule has 2 rings (SSSR count). The van der Waals surface area contributed by atoms with Crippen molar-refractivity contribution >= 4 is 0 Å².